The highest BCUT2D eigenvalue weighted by Gasteiger charge is 2.09. The summed E-state index contributed by atoms with van der Waals surface area (Å²) in [6, 6.07) is 5.58. The Morgan fingerprint density at radius 1 is 1.36 bits per heavy atom. The average molecular weight is 211 g/mol. The molecule has 1 heterocycles. The maximum atomic E-state index is 13.2. The van der Waals surface area contributed by atoms with Crippen LogP contribution in [0.1, 0.15) is 0 Å². The van der Waals surface area contributed by atoms with E-state index in [9.17, 15) is 8.60 Å². The van der Waals surface area contributed by atoms with E-state index < -0.39 is 16.9 Å². The van der Waals surface area contributed by atoms with E-state index in [1.807, 2.05) is 0 Å². The summed E-state index contributed by atoms with van der Waals surface area (Å²) < 4.78 is 33.0. The third kappa shape index (κ3) is 1.40. The maximum absolute atomic E-state index is 13.2. The third-order valence-electron chi connectivity index (χ3n) is 1.87. The summed E-state index contributed by atoms with van der Waals surface area (Å²) in [5, 5.41) is 0.369. The molecule has 0 bridgehead atoms. The molecule has 14 heavy (non-hydrogen) atoms. The van der Waals surface area contributed by atoms with Gasteiger partial charge in [-0.3, -0.25) is 4.98 Å². The number of hydrogen-bond donors (Lipinski definition) is 1. The molecule has 1 unspecified atom stereocenters. The van der Waals surface area contributed by atoms with Gasteiger partial charge in [-0.2, -0.15) is 0 Å². The zero-order chi connectivity index (χ0) is 10.1. The second-order valence-corrected chi connectivity index (χ2v) is 3.63. The number of fused-ring (bicyclic) bond motifs is 1. The van der Waals surface area contributed by atoms with Crippen LogP contribution in [0, 0.1) is 5.82 Å². The Morgan fingerprint density at radius 3 is 2.86 bits per heavy atom. The number of nitrogens with zero attached hydrogens (tertiary/aromatic N) is 1. The topological polar surface area (TPSA) is 50.2 Å². The fourth-order valence-electron chi connectivity index (χ4n) is 1.26. The molecule has 0 amide bonds. The Kier molecular flexibility index (Phi) is 2.26. The van der Waals surface area contributed by atoms with Crippen molar-refractivity contribution in [2.24, 2.45) is 0 Å². The maximum Gasteiger partial charge on any atom is 0.187 e. The SMILES string of the molecule is O=S(O)c1ccc(F)c2ncccc12. The molecular weight excluding hydrogens is 205 g/mol. The number of hydrogen-bond acceptors (Lipinski definition) is 2. The van der Waals surface area contributed by atoms with Gasteiger partial charge in [0.25, 0.3) is 0 Å². The van der Waals surface area contributed by atoms with Crippen LogP contribution in [0.15, 0.2) is 35.4 Å². The van der Waals surface area contributed by atoms with Gasteiger partial charge >= 0.3 is 0 Å². The van der Waals surface area contributed by atoms with Crippen LogP contribution in [0.5, 0.6) is 0 Å². The molecule has 5 heteroatoms. The van der Waals surface area contributed by atoms with Crippen LogP contribution < -0.4 is 0 Å². The highest BCUT2D eigenvalue weighted by atomic mass is 32.2. The molecule has 3 nitrogen and oxygen atoms in total. The van der Waals surface area contributed by atoms with Crippen molar-refractivity contribution in [3.8, 4) is 0 Å². The Bertz CT molecular complexity index is 515. The van der Waals surface area contributed by atoms with Crippen LogP contribution >= 0.6 is 0 Å². The van der Waals surface area contributed by atoms with Gasteiger partial charge in [-0.05, 0) is 24.3 Å². The number of aromatic nitrogens is 1. The van der Waals surface area contributed by atoms with Gasteiger partial charge in [0.05, 0.1) is 4.90 Å². The van der Waals surface area contributed by atoms with Crippen LogP contribution in [0.4, 0.5) is 4.39 Å². The van der Waals surface area contributed by atoms with Crippen molar-refractivity contribution in [2.45, 2.75) is 4.90 Å². The monoisotopic (exact) mass is 211 g/mol. The van der Waals surface area contributed by atoms with Gasteiger partial charge in [0, 0.05) is 11.6 Å². The molecule has 1 atom stereocenters. The van der Waals surface area contributed by atoms with Crippen molar-refractivity contribution < 1.29 is 13.2 Å². The van der Waals surface area contributed by atoms with Gasteiger partial charge in [0.1, 0.15) is 11.3 Å². The van der Waals surface area contributed by atoms with Crippen molar-refractivity contribution in [2.75, 3.05) is 0 Å². The lowest BCUT2D eigenvalue weighted by Crippen LogP contribution is -1.93. The Hall–Kier alpha value is -1.33. The Balaban J connectivity index is 2.88. The second-order valence-electron chi connectivity index (χ2n) is 2.69. The molecule has 1 N–H and O–H groups in total. The van der Waals surface area contributed by atoms with Crippen LogP contribution in [-0.4, -0.2) is 13.7 Å². The average Bonchev–Trinajstić information content (AvgIpc) is 2.18. The molecule has 0 aliphatic rings. The first kappa shape index (κ1) is 9.23. The fourth-order valence-corrected chi connectivity index (χ4v) is 1.80. The first-order valence-electron chi connectivity index (χ1n) is 3.84. The zero-order valence-corrected chi connectivity index (χ0v) is 7.79. The van der Waals surface area contributed by atoms with Gasteiger partial charge in [-0.15, -0.1) is 0 Å². The van der Waals surface area contributed by atoms with E-state index in [0.717, 1.165) is 6.07 Å². The third-order valence-corrected chi connectivity index (χ3v) is 2.60. The van der Waals surface area contributed by atoms with Crippen molar-refractivity contribution in [1.82, 2.24) is 4.98 Å². The minimum Gasteiger partial charge on any atom is -0.302 e. The molecule has 0 aliphatic heterocycles. The Morgan fingerprint density at radius 2 is 2.14 bits per heavy atom. The van der Waals surface area contributed by atoms with Gasteiger partial charge in [0.2, 0.25) is 0 Å². The minimum atomic E-state index is -2.12. The van der Waals surface area contributed by atoms with Crippen molar-refractivity contribution in [3.05, 3.63) is 36.3 Å². The van der Waals surface area contributed by atoms with E-state index in [2.05, 4.69) is 4.98 Å². The summed E-state index contributed by atoms with van der Waals surface area (Å²) >= 11 is -2.12. The van der Waals surface area contributed by atoms with Gasteiger partial charge in [-0.25, -0.2) is 8.60 Å². The van der Waals surface area contributed by atoms with Crippen molar-refractivity contribution in [3.63, 3.8) is 0 Å². The van der Waals surface area contributed by atoms with Gasteiger partial charge in [-0.1, -0.05) is 0 Å². The lowest BCUT2D eigenvalue weighted by atomic mass is 10.2. The number of pyridine rings is 1. The molecule has 0 spiro atoms. The summed E-state index contributed by atoms with van der Waals surface area (Å²) in [5.41, 5.74) is 0.118. The van der Waals surface area contributed by atoms with E-state index in [1.54, 1.807) is 12.1 Å². The predicted octanol–water partition coefficient (Wildman–Crippen LogP) is 1.95. The first-order valence-corrected chi connectivity index (χ1v) is 4.95. The molecule has 1 aromatic carbocycles. The summed E-state index contributed by atoms with van der Waals surface area (Å²) in [6.45, 7) is 0. The number of rotatable bonds is 1. The minimum absolute atomic E-state index is 0.118. The molecule has 2 aromatic rings. The molecule has 0 saturated carbocycles. The molecule has 0 radical (unpaired) electrons. The number of benzene rings is 1. The second kappa shape index (κ2) is 3.43. The molecule has 0 aliphatic carbocycles. The lowest BCUT2D eigenvalue weighted by molar-refractivity contribution is 0.565. The van der Waals surface area contributed by atoms with E-state index in [0.29, 0.717) is 5.39 Å². The van der Waals surface area contributed by atoms with Gasteiger partial charge in [0.15, 0.2) is 11.1 Å². The normalized spacial score (nSPS) is 13.0. The van der Waals surface area contributed by atoms with Crippen molar-refractivity contribution >= 4 is 22.0 Å². The summed E-state index contributed by atoms with van der Waals surface area (Å²) in [5.74, 6) is -0.491. The van der Waals surface area contributed by atoms with Crippen molar-refractivity contribution in [1.29, 1.82) is 0 Å². The van der Waals surface area contributed by atoms with Gasteiger partial charge < -0.3 is 4.55 Å². The molecular formula is C9H6FNO2S. The summed E-state index contributed by atoms with van der Waals surface area (Å²) in [6.07, 6.45) is 1.44. The smallest absolute Gasteiger partial charge is 0.187 e. The molecule has 0 saturated heterocycles. The predicted molar refractivity (Wildman–Crippen MR) is 50.7 cm³/mol. The summed E-state index contributed by atoms with van der Waals surface area (Å²) in [7, 11) is 0. The Labute approximate surface area is 81.9 Å². The quantitative estimate of drug-likeness (QED) is 0.733. The summed E-state index contributed by atoms with van der Waals surface area (Å²) in [4.78, 5) is 3.98. The van der Waals surface area contributed by atoms with E-state index >= 15 is 0 Å². The highest BCUT2D eigenvalue weighted by molar-refractivity contribution is 7.79. The standard InChI is InChI=1S/C9H6FNO2S/c10-7-3-4-8(14(12)13)6-2-1-5-11-9(6)7/h1-5H,(H,12,13). The number of halogens is 1. The lowest BCUT2D eigenvalue weighted by Gasteiger charge is -2.01. The molecule has 0 fully saturated rings. The molecule has 72 valence electrons. The van der Waals surface area contributed by atoms with E-state index in [4.69, 9.17) is 4.55 Å². The van der Waals surface area contributed by atoms with Crippen LogP contribution in [0.2, 0.25) is 0 Å². The van der Waals surface area contributed by atoms with Crippen LogP contribution in [0.3, 0.4) is 0 Å². The molecule has 1 aromatic heterocycles. The van der Waals surface area contributed by atoms with Crippen LogP contribution in [0.25, 0.3) is 10.9 Å². The first-order chi connectivity index (χ1) is 6.70. The fraction of sp³-hybridized carbons (Fsp3) is 0. The van der Waals surface area contributed by atoms with E-state index in [-0.39, 0.29) is 10.4 Å². The zero-order valence-electron chi connectivity index (χ0n) is 6.98. The van der Waals surface area contributed by atoms with Crippen LogP contribution in [-0.2, 0) is 11.1 Å². The molecule has 2 rings (SSSR count). The highest BCUT2D eigenvalue weighted by Crippen LogP contribution is 2.21. The van der Waals surface area contributed by atoms with E-state index in [1.165, 1.54) is 12.3 Å². The largest absolute Gasteiger partial charge is 0.302 e.